The van der Waals surface area contributed by atoms with Crippen molar-refractivity contribution in [3.8, 4) is 22.8 Å². The van der Waals surface area contributed by atoms with E-state index in [0.29, 0.717) is 23.3 Å². The SMILES string of the molecule is CC(C)c1cc(F)ccc1NC(=S)NCNCCCc1ccc(-c2ncn(-c3ccc(OC(F)(F)F)cc3)n2)cc1. The number of hydrogen-bond donors (Lipinski definition) is 3. The zero-order valence-corrected chi connectivity index (χ0v) is 23.3. The highest BCUT2D eigenvalue weighted by Crippen LogP contribution is 2.26. The van der Waals surface area contributed by atoms with Crippen molar-refractivity contribution in [2.24, 2.45) is 0 Å². The summed E-state index contributed by atoms with van der Waals surface area (Å²) in [5, 5.41) is 14.4. The molecule has 7 nitrogen and oxygen atoms in total. The molecule has 12 heteroatoms. The van der Waals surface area contributed by atoms with Gasteiger partial charge < -0.3 is 15.4 Å². The lowest BCUT2D eigenvalue weighted by Gasteiger charge is -2.16. The minimum Gasteiger partial charge on any atom is -0.406 e. The zero-order chi connectivity index (χ0) is 29.4. The van der Waals surface area contributed by atoms with E-state index in [4.69, 9.17) is 12.2 Å². The molecule has 0 radical (unpaired) electrons. The van der Waals surface area contributed by atoms with Gasteiger partial charge in [0.25, 0.3) is 0 Å². The predicted molar refractivity (Wildman–Crippen MR) is 155 cm³/mol. The van der Waals surface area contributed by atoms with Crippen LogP contribution in [-0.2, 0) is 6.42 Å². The first kappa shape index (κ1) is 29.9. The van der Waals surface area contributed by atoms with Crippen LogP contribution in [0.5, 0.6) is 5.75 Å². The smallest absolute Gasteiger partial charge is 0.406 e. The van der Waals surface area contributed by atoms with E-state index in [1.165, 1.54) is 47.4 Å². The fraction of sp³-hybridized carbons (Fsp3) is 0.276. The van der Waals surface area contributed by atoms with Gasteiger partial charge in [-0.1, -0.05) is 38.1 Å². The molecular formula is C29H30F4N6OS. The van der Waals surface area contributed by atoms with E-state index in [2.05, 4.69) is 30.8 Å². The third-order valence-corrected chi connectivity index (χ3v) is 6.36. The molecule has 216 valence electrons. The van der Waals surface area contributed by atoms with Crippen LogP contribution in [0.25, 0.3) is 17.1 Å². The van der Waals surface area contributed by atoms with E-state index < -0.39 is 6.36 Å². The molecule has 0 aliphatic carbocycles. The van der Waals surface area contributed by atoms with E-state index >= 15 is 0 Å². The summed E-state index contributed by atoms with van der Waals surface area (Å²) in [6.45, 7) is 5.28. The Bertz CT molecular complexity index is 1440. The normalized spacial score (nSPS) is 11.5. The van der Waals surface area contributed by atoms with Crippen molar-refractivity contribution in [2.75, 3.05) is 18.5 Å². The molecule has 0 spiro atoms. The number of nitrogens with zero attached hydrogens (tertiary/aromatic N) is 3. The number of hydrogen-bond acceptors (Lipinski definition) is 5. The third-order valence-electron chi connectivity index (χ3n) is 6.12. The Kier molecular flexibility index (Phi) is 9.90. The van der Waals surface area contributed by atoms with Crippen LogP contribution in [0.15, 0.2) is 73.1 Å². The Labute approximate surface area is 240 Å². The van der Waals surface area contributed by atoms with E-state index in [-0.39, 0.29) is 17.5 Å². The summed E-state index contributed by atoms with van der Waals surface area (Å²) < 4.78 is 56.0. The highest BCUT2D eigenvalue weighted by Gasteiger charge is 2.31. The molecule has 0 fully saturated rings. The number of anilines is 1. The van der Waals surface area contributed by atoms with Gasteiger partial charge in [0.05, 0.1) is 12.4 Å². The predicted octanol–water partition coefficient (Wildman–Crippen LogP) is 6.56. The number of aromatic nitrogens is 3. The van der Waals surface area contributed by atoms with Crippen LogP contribution >= 0.6 is 12.2 Å². The Hall–Kier alpha value is -4.03. The number of halogens is 4. The van der Waals surface area contributed by atoms with Crippen LogP contribution < -0.4 is 20.7 Å². The minimum atomic E-state index is -4.74. The molecule has 1 aromatic heterocycles. The molecule has 0 bridgehead atoms. The van der Waals surface area contributed by atoms with Crippen LogP contribution in [0, 0.1) is 5.82 Å². The highest BCUT2D eigenvalue weighted by atomic mass is 32.1. The molecule has 0 saturated heterocycles. The first-order valence-corrected chi connectivity index (χ1v) is 13.4. The average Bonchev–Trinajstić information content (AvgIpc) is 3.42. The maximum absolute atomic E-state index is 13.6. The van der Waals surface area contributed by atoms with Gasteiger partial charge >= 0.3 is 6.36 Å². The molecule has 4 rings (SSSR count). The van der Waals surface area contributed by atoms with Crippen LogP contribution in [-0.4, -0.2) is 39.5 Å². The van der Waals surface area contributed by atoms with Gasteiger partial charge in [-0.05, 0) is 91.1 Å². The molecule has 4 aromatic rings. The van der Waals surface area contributed by atoms with E-state index in [1.54, 1.807) is 6.07 Å². The Balaban J connectivity index is 1.18. The molecule has 41 heavy (non-hydrogen) atoms. The minimum absolute atomic E-state index is 0.160. The third kappa shape index (κ3) is 8.98. The first-order chi connectivity index (χ1) is 19.6. The van der Waals surface area contributed by atoms with Gasteiger partial charge in [-0.25, -0.2) is 14.1 Å². The van der Waals surface area contributed by atoms with Crippen molar-refractivity contribution in [1.82, 2.24) is 25.4 Å². The first-order valence-electron chi connectivity index (χ1n) is 13.0. The van der Waals surface area contributed by atoms with Crippen molar-refractivity contribution in [3.05, 3.63) is 90.0 Å². The second kappa shape index (κ2) is 13.6. The summed E-state index contributed by atoms with van der Waals surface area (Å²) in [7, 11) is 0. The Morgan fingerprint density at radius 2 is 1.76 bits per heavy atom. The van der Waals surface area contributed by atoms with Crippen LogP contribution in [0.1, 0.15) is 37.3 Å². The van der Waals surface area contributed by atoms with Gasteiger partial charge in [-0.3, -0.25) is 5.32 Å². The van der Waals surface area contributed by atoms with E-state index in [0.717, 1.165) is 41.8 Å². The molecule has 0 aliphatic rings. The van der Waals surface area contributed by atoms with Crippen LogP contribution in [0.2, 0.25) is 0 Å². The average molecular weight is 587 g/mol. The van der Waals surface area contributed by atoms with E-state index in [1.807, 2.05) is 38.1 Å². The lowest BCUT2D eigenvalue weighted by atomic mass is 10.0. The molecule has 0 saturated carbocycles. The standard InChI is InChI=1S/C29H30F4N6OS/c1-19(2)25-16-22(30)9-14-26(25)37-28(41)35-17-34-15-3-4-20-5-7-21(8-6-20)27-36-18-39(38-27)23-10-12-24(13-11-23)40-29(31,32)33/h5-14,16,18-19,34H,3-4,15,17H2,1-2H3,(H2,35,37,41). The molecule has 0 amide bonds. The van der Waals surface area contributed by atoms with Crippen molar-refractivity contribution in [1.29, 1.82) is 0 Å². The second-order valence-electron chi connectivity index (χ2n) is 9.55. The summed E-state index contributed by atoms with van der Waals surface area (Å²) in [4.78, 5) is 4.32. The van der Waals surface area contributed by atoms with Gasteiger partial charge in [0.1, 0.15) is 17.9 Å². The van der Waals surface area contributed by atoms with Crippen LogP contribution in [0.4, 0.5) is 23.2 Å². The quantitative estimate of drug-likeness (QED) is 0.0795. The molecule has 3 aromatic carbocycles. The Morgan fingerprint density at radius 3 is 2.44 bits per heavy atom. The zero-order valence-electron chi connectivity index (χ0n) is 22.5. The number of alkyl halides is 3. The summed E-state index contributed by atoms with van der Waals surface area (Å²) in [6.07, 6.45) is -1.44. The van der Waals surface area contributed by atoms with Gasteiger partial charge in [-0.15, -0.1) is 18.3 Å². The lowest BCUT2D eigenvalue weighted by molar-refractivity contribution is -0.274. The number of nitrogens with one attached hydrogen (secondary N) is 3. The van der Waals surface area contributed by atoms with Crippen molar-refractivity contribution < 1.29 is 22.3 Å². The number of ether oxygens (including phenoxy) is 1. The summed E-state index contributed by atoms with van der Waals surface area (Å²) >= 11 is 5.36. The van der Waals surface area contributed by atoms with Gasteiger partial charge in [0, 0.05) is 11.3 Å². The van der Waals surface area contributed by atoms with E-state index in [9.17, 15) is 17.6 Å². The monoisotopic (exact) mass is 586 g/mol. The topological polar surface area (TPSA) is 76.0 Å². The molecule has 1 heterocycles. The van der Waals surface area contributed by atoms with Crippen molar-refractivity contribution in [3.63, 3.8) is 0 Å². The van der Waals surface area contributed by atoms with Crippen molar-refractivity contribution in [2.45, 2.75) is 39.0 Å². The maximum atomic E-state index is 13.6. The highest BCUT2D eigenvalue weighted by molar-refractivity contribution is 7.80. The van der Waals surface area contributed by atoms with Gasteiger partial charge in [0.2, 0.25) is 0 Å². The van der Waals surface area contributed by atoms with Gasteiger partial charge in [-0.2, -0.15) is 0 Å². The molecule has 0 unspecified atom stereocenters. The fourth-order valence-corrected chi connectivity index (χ4v) is 4.26. The molecule has 0 aliphatic heterocycles. The Morgan fingerprint density at radius 1 is 1.02 bits per heavy atom. The van der Waals surface area contributed by atoms with Crippen molar-refractivity contribution >= 4 is 23.0 Å². The number of rotatable bonds is 11. The summed E-state index contributed by atoms with van der Waals surface area (Å²) in [6, 6.07) is 17.9. The molecule has 0 atom stereocenters. The summed E-state index contributed by atoms with van der Waals surface area (Å²) in [5.41, 5.74) is 4.21. The van der Waals surface area contributed by atoms with Crippen LogP contribution in [0.3, 0.4) is 0 Å². The largest absolute Gasteiger partial charge is 0.573 e. The number of benzene rings is 3. The lowest BCUT2D eigenvalue weighted by Crippen LogP contribution is -2.37. The molecule has 3 N–H and O–H groups in total. The molecular weight excluding hydrogens is 556 g/mol. The number of thiocarbonyl (C=S) groups is 1. The number of aryl methyl sites for hydroxylation is 1. The van der Waals surface area contributed by atoms with Gasteiger partial charge in [0.15, 0.2) is 10.9 Å². The fourth-order valence-electron chi connectivity index (χ4n) is 4.08. The maximum Gasteiger partial charge on any atom is 0.573 e. The summed E-state index contributed by atoms with van der Waals surface area (Å²) in [5.74, 6) is 0.0947. The second-order valence-corrected chi connectivity index (χ2v) is 9.96.